The molecule has 0 aliphatic carbocycles. The molecule has 3 aromatic rings. The topological polar surface area (TPSA) is 72.6 Å². The Morgan fingerprint density at radius 3 is 2.80 bits per heavy atom. The van der Waals surface area contributed by atoms with Crippen LogP contribution >= 0.6 is 11.6 Å². The normalized spacial score (nSPS) is 11.2. The average Bonchev–Trinajstić information content (AvgIpc) is 2.76. The van der Waals surface area contributed by atoms with Gasteiger partial charge in [0.25, 0.3) is 0 Å². The second kappa shape index (κ2) is 4.38. The van der Waals surface area contributed by atoms with Crippen molar-refractivity contribution in [2.45, 2.75) is 6.92 Å². The summed E-state index contributed by atoms with van der Waals surface area (Å²) in [5.41, 5.74) is 1.64. The Morgan fingerprint density at radius 1 is 1.40 bits per heavy atom. The van der Waals surface area contributed by atoms with Crippen LogP contribution < -0.4 is 4.74 Å². The molecule has 0 saturated heterocycles. The molecule has 2 aromatic heterocycles. The highest BCUT2D eigenvalue weighted by atomic mass is 35.5. The van der Waals surface area contributed by atoms with Crippen LogP contribution in [0.1, 0.15) is 16.1 Å². The molecule has 0 unspecified atom stereocenters. The van der Waals surface area contributed by atoms with E-state index < -0.39 is 5.97 Å². The first kappa shape index (κ1) is 12.7. The monoisotopic (exact) mass is 291 g/mol. The van der Waals surface area contributed by atoms with Gasteiger partial charge in [-0.3, -0.25) is 0 Å². The predicted molar refractivity (Wildman–Crippen MR) is 74.8 cm³/mol. The molecule has 0 aliphatic heterocycles. The molecule has 2 heterocycles. The minimum atomic E-state index is -1.06. The number of nitrogens with zero attached hydrogens (tertiary/aromatic N) is 1. The van der Waals surface area contributed by atoms with Crippen molar-refractivity contribution in [3.63, 3.8) is 0 Å². The third kappa shape index (κ3) is 1.71. The Hall–Kier alpha value is -2.27. The number of aromatic carboxylic acids is 1. The van der Waals surface area contributed by atoms with Crippen LogP contribution in [0.2, 0.25) is 5.15 Å². The highest BCUT2D eigenvalue weighted by Crippen LogP contribution is 2.39. The summed E-state index contributed by atoms with van der Waals surface area (Å²) in [5, 5.41) is 10.4. The molecule has 0 radical (unpaired) electrons. The number of hydrogen-bond acceptors (Lipinski definition) is 4. The number of rotatable bonds is 2. The average molecular weight is 292 g/mol. The standard InChI is InChI=1S/C14H10ClNO4/c1-6-5-9-11(13(15)16-6)10-7(14(17)18)3-4-8(19-2)12(10)20-9/h3-5H,1-2H3,(H,17,18). The summed E-state index contributed by atoms with van der Waals surface area (Å²) in [6.45, 7) is 1.79. The summed E-state index contributed by atoms with van der Waals surface area (Å²) in [6.07, 6.45) is 0. The van der Waals surface area contributed by atoms with E-state index >= 15 is 0 Å². The van der Waals surface area contributed by atoms with Crippen LogP contribution in [0.3, 0.4) is 0 Å². The molecule has 0 spiro atoms. The lowest BCUT2D eigenvalue weighted by atomic mass is 10.1. The van der Waals surface area contributed by atoms with Gasteiger partial charge in [0.1, 0.15) is 10.7 Å². The molecule has 1 N–H and O–H groups in total. The lowest BCUT2D eigenvalue weighted by molar-refractivity contribution is 0.0699. The Labute approximate surface area is 118 Å². The number of carbonyl (C=O) groups is 1. The number of aromatic nitrogens is 1. The Kier molecular flexibility index (Phi) is 2.79. The maximum absolute atomic E-state index is 11.4. The van der Waals surface area contributed by atoms with Crippen LogP contribution in [0.25, 0.3) is 21.9 Å². The number of aryl methyl sites for hydroxylation is 1. The fraction of sp³-hybridized carbons (Fsp3) is 0.143. The van der Waals surface area contributed by atoms with Crippen molar-refractivity contribution in [3.8, 4) is 5.75 Å². The van der Waals surface area contributed by atoms with Gasteiger partial charge in [0.15, 0.2) is 11.3 Å². The van der Waals surface area contributed by atoms with Gasteiger partial charge in [-0.2, -0.15) is 0 Å². The van der Waals surface area contributed by atoms with Crippen LogP contribution in [0.15, 0.2) is 22.6 Å². The van der Waals surface area contributed by atoms with Crippen molar-refractivity contribution in [2.75, 3.05) is 7.11 Å². The number of carboxylic acids is 1. The van der Waals surface area contributed by atoms with Crippen molar-refractivity contribution in [1.29, 1.82) is 0 Å². The van der Waals surface area contributed by atoms with Gasteiger partial charge in [0, 0.05) is 17.1 Å². The van der Waals surface area contributed by atoms with E-state index in [0.717, 1.165) is 0 Å². The minimum absolute atomic E-state index is 0.104. The van der Waals surface area contributed by atoms with Gasteiger partial charge in [-0.25, -0.2) is 9.78 Å². The van der Waals surface area contributed by atoms with Gasteiger partial charge >= 0.3 is 5.97 Å². The molecule has 20 heavy (non-hydrogen) atoms. The van der Waals surface area contributed by atoms with E-state index in [1.807, 2.05) is 0 Å². The van der Waals surface area contributed by atoms with Crippen molar-refractivity contribution in [2.24, 2.45) is 0 Å². The summed E-state index contributed by atoms with van der Waals surface area (Å²) >= 11 is 6.15. The highest BCUT2D eigenvalue weighted by Gasteiger charge is 2.21. The lowest BCUT2D eigenvalue weighted by Gasteiger charge is -2.03. The first-order valence-corrected chi connectivity index (χ1v) is 6.20. The van der Waals surface area contributed by atoms with Gasteiger partial charge in [0.2, 0.25) is 0 Å². The number of hydrogen-bond donors (Lipinski definition) is 1. The number of benzene rings is 1. The summed E-state index contributed by atoms with van der Waals surface area (Å²) in [6, 6.07) is 4.74. The maximum Gasteiger partial charge on any atom is 0.336 e. The minimum Gasteiger partial charge on any atom is -0.493 e. The number of ether oxygens (including phenoxy) is 1. The lowest BCUT2D eigenvalue weighted by Crippen LogP contribution is -1.97. The second-order valence-electron chi connectivity index (χ2n) is 4.35. The third-order valence-electron chi connectivity index (χ3n) is 3.10. The molecular formula is C14H10ClNO4. The van der Waals surface area contributed by atoms with E-state index in [1.54, 1.807) is 19.1 Å². The van der Waals surface area contributed by atoms with Gasteiger partial charge < -0.3 is 14.3 Å². The molecule has 0 amide bonds. The number of pyridine rings is 1. The molecule has 0 atom stereocenters. The zero-order valence-corrected chi connectivity index (χ0v) is 11.5. The molecule has 3 rings (SSSR count). The van der Waals surface area contributed by atoms with E-state index in [-0.39, 0.29) is 10.7 Å². The van der Waals surface area contributed by atoms with Crippen molar-refractivity contribution in [3.05, 3.63) is 34.6 Å². The highest BCUT2D eigenvalue weighted by molar-refractivity contribution is 6.37. The quantitative estimate of drug-likeness (QED) is 0.730. The SMILES string of the molecule is COc1ccc(C(=O)O)c2c1oc1cc(C)nc(Cl)c12. The summed E-state index contributed by atoms with van der Waals surface area (Å²) in [5.74, 6) is -0.605. The third-order valence-corrected chi connectivity index (χ3v) is 3.37. The van der Waals surface area contributed by atoms with Crippen LogP contribution in [0, 0.1) is 6.92 Å². The predicted octanol–water partition coefficient (Wildman–Crippen LogP) is 3.65. The summed E-state index contributed by atoms with van der Waals surface area (Å²) < 4.78 is 10.9. The first-order chi connectivity index (χ1) is 9.52. The van der Waals surface area contributed by atoms with Gasteiger partial charge in [-0.05, 0) is 19.1 Å². The largest absolute Gasteiger partial charge is 0.493 e. The Morgan fingerprint density at radius 2 is 2.15 bits per heavy atom. The van der Waals surface area contributed by atoms with E-state index in [9.17, 15) is 9.90 Å². The number of furan rings is 1. The van der Waals surface area contributed by atoms with E-state index in [4.69, 9.17) is 20.8 Å². The first-order valence-electron chi connectivity index (χ1n) is 5.82. The van der Waals surface area contributed by atoms with E-state index in [2.05, 4.69) is 4.98 Å². The molecule has 1 aromatic carbocycles. The maximum atomic E-state index is 11.4. The van der Waals surface area contributed by atoms with Crippen LogP contribution in [-0.2, 0) is 0 Å². The van der Waals surface area contributed by atoms with Crippen molar-refractivity contribution >= 4 is 39.5 Å². The van der Waals surface area contributed by atoms with E-state index in [1.165, 1.54) is 13.2 Å². The Bertz CT molecular complexity index is 853. The molecule has 102 valence electrons. The Balaban J connectivity index is 2.59. The molecule has 0 bridgehead atoms. The fourth-order valence-electron chi connectivity index (χ4n) is 2.28. The van der Waals surface area contributed by atoms with E-state index in [0.29, 0.717) is 33.4 Å². The summed E-state index contributed by atoms with van der Waals surface area (Å²) in [4.78, 5) is 15.5. The number of carboxylic acid groups (broad SMARTS) is 1. The van der Waals surface area contributed by atoms with Crippen LogP contribution in [-0.4, -0.2) is 23.2 Å². The van der Waals surface area contributed by atoms with Crippen molar-refractivity contribution in [1.82, 2.24) is 4.98 Å². The zero-order valence-electron chi connectivity index (χ0n) is 10.7. The van der Waals surface area contributed by atoms with Gasteiger partial charge in [0.05, 0.1) is 18.1 Å². The molecule has 5 nitrogen and oxygen atoms in total. The number of methoxy groups -OCH3 is 1. The second-order valence-corrected chi connectivity index (χ2v) is 4.71. The number of fused-ring (bicyclic) bond motifs is 3. The molecule has 6 heteroatoms. The molecule has 0 aliphatic rings. The fourth-order valence-corrected chi connectivity index (χ4v) is 2.60. The van der Waals surface area contributed by atoms with Crippen LogP contribution in [0.5, 0.6) is 5.75 Å². The number of halogens is 1. The zero-order chi connectivity index (χ0) is 14.4. The summed E-state index contributed by atoms with van der Waals surface area (Å²) in [7, 11) is 1.49. The molecule has 0 saturated carbocycles. The van der Waals surface area contributed by atoms with Crippen LogP contribution in [0.4, 0.5) is 0 Å². The smallest absolute Gasteiger partial charge is 0.336 e. The molecule has 0 fully saturated rings. The van der Waals surface area contributed by atoms with Gasteiger partial charge in [-0.1, -0.05) is 11.6 Å². The molecular weight excluding hydrogens is 282 g/mol. The van der Waals surface area contributed by atoms with Gasteiger partial charge in [-0.15, -0.1) is 0 Å². The van der Waals surface area contributed by atoms with Crippen molar-refractivity contribution < 1.29 is 19.1 Å².